The van der Waals surface area contributed by atoms with Gasteiger partial charge in [0.05, 0.1) is 5.75 Å². The topological polar surface area (TPSA) is 117 Å². The summed E-state index contributed by atoms with van der Waals surface area (Å²) in [6, 6.07) is 5.23. The molecule has 1 heterocycles. The van der Waals surface area contributed by atoms with Gasteiger partial charge in [-0.2, -0.15) is 0 Å². The number of pyridine rings is 1. The molecule has 1 aromatic heterocycles. The number of hydrogen-bond donors (Lipinski definition) is 3. The zero-order valence-electron chi connectivity index (χ0n) is 10.2. The lowest BCUT2D eigenvalue weighted by Crippen LogP contribution is -2.32. The van der Waals surface area contributed by atoms with Crippen molar-refractivity contribution in [3.63, 3.8) is 0 Å². The minimum atomic E-state index is -3.50. The molecule has 7 nitrogen and oxygen atoms in total. The average Bonchev–Trinajstić information content (AvgIpc) is 2.37. The van der Waals surface area contributed by atoms with Crippen LogP contribution >= 0.6 is 0 Å². The summed E-state index contributed by atoms with van der Waals surface area (Å²) in [5, 5.41) is 17.4. The molecule has 0 amide bonds. The lowest BCUT2D eigenvalue weighted by Gasteiger charge is -2.08. The van der Waals surface area contributed by atoms with Gasteiger partial charge in [0, 0.05) is 24.9 Å². The number of rotatable bonds is 8. The summed E-state index contributed by atoms with van der Waals surface area (Å²) >= 11 is 0. The van der Waals surface area contributed by atoms with E-state index in [0.717, 1.165) is 0 Å². The number of carboxylic acids is 1. The second-order valence-electron chi connectivity index (χ2n) is 3.93. The minimum absolute atomic E-state index is 0.113. The molecule has 0 aliphatic heterocycles. The van der Waals surface area contributed by atoms with E-state index < -0.39 is 22.1 Å². The SMILES string of the molecule is O=C(O)[C@@H](O)CCNS(=O)(=O)CCc1ccccn1. The van der Waals surface area contributed by atoms with E-state index >= 15 is 0 Å². The lowest BCUT2D eigenvalue weighted by molar-refractivity contribution is -0.146. The number of sulfonamides is 1. The molecule has 1 rings (SSSR count). The number of nitrogens with one attached hydrogen (secondary N) is 1. The van der Waals surface area contributed by atoms with Crippen LogP contribution in [0.1, 0.15) is 12.1 Å². The van der Waals surface area contributed by atoms with E-state index in [0.29, 0.717) is 5.69 Å². The van der Waals surface area contributed by atoms with Crippen LogP contribution in [-0.2, 0) is 21.2 Å². The number of nitrogens with zero attached hydrogens (tertiary/aromatic N) is 1. The highest BCUT2D eigenvalue weighted by Gasteiger charge is 2.15. The highest BCUT2D eigenvalue weighted by atomic mass is 32.2. The van der Waals surface area contributed by atoms with Crippen LogP contribution in [0.2, 0.25) is 0 Å². The van der Waals surface area contributed by atoms with Gasteiger partial charge in [-0.25, -0.2) is 17.9 Å². The van der Waals surface area contributed by atoms with Gasteiger partial charge in [-0.1, -0.05) is 6.07 Å². The summed E-state index contributed by atoms with van der Waals surface area (Å²) in [5.74, 6) is -1.50. The Morgan fingerprint density at radius 1 is 1.42 bits per heavy atom. The Balaban J connectivity index is 2.34. The van der Waals surface area contributed by atoms with Gasteiger partial charge in [-0.15, -0.1) is 0 Å². The zero-order chi connectivity index (χ0) is 14.3. The molecule has 0 aliphatic carbocycles. The summed E-state index contributed by atoms with van der Waals surface area (Å²) in [6.07, 6.45) is 0.132. The van der Waals surface area contributed by atoms with E-state index in [9.17, 15) is 13.2 Å². The largest absolute Gasteiger partial charge is 0.479 e. The predicted octanol–water partition coefficient (Wildman–Crippen LogP) is -0.621. The summed E-state index contributed by atoms with van der Waals surface area (Å²) in [5.41, 5.74) is 0.665. The minimum Gasteiger partial charge on any atom is -0.479 e. The van der Waals surface area contributed by atoms with Gasteiger partial charge >= 0.3 is 5.97 Å². The van der Waals surface area contributed by atoms with Crippen LogP contribution in [0.25, 0.3) is 0 Å². The molecule has 0 bridgehead atoms. The zero-order valence-corrected chi connectivity index (χ0v) is 11.0. The van der Waals surface area contributed by atoms with Gasteiger partial charge in [0.15, 0.2) is 6.10 Å². The van der Waals surface area contributed by atoms with Gasteiger partial charge in [0.1, 0.15) is 0 Å². The van der Waals surface area contributed by atoms with Crippen molar-refractivity contribution in [2.45, 2.75) is 18.9 Å². The van der Waals surface area contributed by atoms with E-state index in [2.05, 4.69) is 9.71 Å². The van der Waals surface area contributed by atoms with Crippen molar-refractivity contribution in [1.29, 1.82) is 0 Å². The number of carbonyl (C=O) groups is 1. The Morgan fingerprint density at radius 2 is 2.16 bits per heavy atom. The van der Waals surface area contributed by atoms with Crippen LogP contribution < -0.4 is 4.72 Å². The van der Waals surface area contributed by atoms with E-state index in [1.165, 1.54) is 0 Å². The van der Waals surface area contributed by atoms with E-state index in [4.69, 9.17) is 10.2 Å². The third-order valence-electron chi connectivity index (χ3n) is 2.38. The smallest absolute Gasteiger partial charge is 0.332 e. The van der Waals surface area contributed by atoms with E-state index in [1.807, 2.05) is 0 Å². The predicted molar refractivity (Wildman–Crippen MR) is 68.0 cm³/mol. The molecule has 1 aromatic rings. The maximum atomic E-state index is 11.6. The number of carboxylic acid groups (broad SMARTS) is 1. The molecule has 0 spiro atoms. The highest BCUT2D eigenvalue weighted by Crippen LogP contribution is 1.98. The van der Waals surface area contributed by atoms with Crippen LogP contribution in [0.4, 0.5) is 0 Å². The molecule has 0 saturated carbocycles. The molecule has 0 saturated heterocycles. The van der Waals surface area contributed by atoms with Crippen molar-refractivity contribution in [3.05, 3.63) is 30.1 Å². The van der Waals surface area contributed by atoms with Gasteiger partial charge in [-0.05, 0) is 18.6 Å². The number of aliphatic hydroxyl groups is 1. The van der Waals surface area contributed by atoms with Crippen LogP contribution in [0.15, 0.2) is 24.4 Å². The Kier molecular flexibility index (Phi) is 5.87. The molecule has 0 unspecified atom stereocenters. The molecule has 0 aromatic carbocycles. The summed E-state index contributed by atoms with van der Waals surface area (Å²) < 4.78 is 25.4. The first kappa shape index (κ1) is 15.5. The lowest BCUT2D eigenvalue weighted by atomic mass is 10.3. The first-order chi connectivity index (χ1) is 8.91. The second kappa shape index (κ2) is 7.17. The number of aryl methyl sites for hydroxylation is 1. The van der Waals surface area contributed by atoms with Gasteiger partial charge in [0.2, 0.25) is 10.0 Å². The van der Waals surface area contributed by atoms with E-state index in [1.54, 1.807) is 24.4 Å². The third kappa shape index (κ3) is 6.27. The summed E-state index contributed by atoms with van der Waals surface area (Å²) in [7, 11) is -3.50. The van der Waals surface area contributed by atoms with Gasteiger partial charge in [0.25, 0.3) is 0 Å². The first-order valence-electron chi connectivity index (χ1n) is 5.69. The molecule has 0 aliphatic rings. The van der Waals surface area contributed by atoms with Crippen LogP contribution in [0, 0.1) is 0 Å². The van der Waals surface area contributed by atoms with Crippen molar-refractivity contribution < 1.29 is 23.4 Å². The normalized spacial score (nSPS) is 13.1. The number of aliphatic carboxylic acids is 1. The fourth-order valence-corrected chi connectivity index (χ4v) is 2.38. The van der Waals surface area contributed by atoms with Crippen LogP contribution in [-0.4, -0.2) is 48.0 Å². The number of hydrogen-bond acceptors (Lipinski definition) is 5. The summed E-state index contributed by atoms with van der Waals surface area (Å²) in [4.78, 5) is 14.3. The van der Waals surface area contributed by atoms with Crippen molar-refractivity contribution in [3.8, 4) is 0 Å². The third-order valence-corrected chi connectivity index (χ3v) is 3.76. The molecule has 19 heavy (non-hydrogen) atoms. The van der Waals surface area contributed by atoms with Crippen molar-refractivity contribution >= 4 is 16.0 Å². The molecule has 1 atom stereocenters. The van der Waals surface area contributed by atoms with Crippen LogP contribution in [0.3, 0.4) is 0 Å². The standard InChI is InChI=1S/C11H16N2O5S/c14-10(11(15)16)4-7-13-19(17,18)8-5-9-3-1-2-6-12-9/h1-3,6,10,13-14H,4-5,7-8H2,(H,15,16)/t10-/m0/s1. The van der Waals surface area contributed by atoms with Gasteiger partial charge < -0.3 is 10.2 Å². The fraction of sp³-hybridized carbons (Fsp3) is 0.455. The summed E-state index contributed by atoms with van der Waals surface area (Å²) in [6.45, 7) is -0.113. The maximum absolute atomic E-state index is 11.6. The molecule has 106 valence electrons. The monoisotopic (exact) mass is 288 g/mol. The van der Waals surface area contributed by atoms with Crippen molar-refractivity contribution in [2.24, 2.45) is 0 Å². The molecular formula is C11H16N2O5S. The highest BCUT2D eigenvalue weighted by molar-refractivity contribution is 7.89. The van der Waals surface area contributed by atoms with E-state index in [-0.39, 0.29) is 25.1 Å². The average molecular weight is 288 g/mol. The molecule has 8 heteroatoms. The van der Waals surface area contributed by atoms with Crippen molar-refractivity contribution in [1.82, 2.24) is 9.71 Å². The fourth-order valence-electron chi connectivity index (χ4n) is 1.33. The first-order valence-corrected chi connectivity index (χ1v) is 7.34. The second-order valence-corrected chi connectivity index (χ2v) is 5.85. The Morgan fingerprint density at radius 3 is 2.74 bits per heavy atom. The van der Waals surface area contributed by atoms with Crippen LogP contribution in [0.5, 0.6) is 0 Å². The molecular weight excluding hydrogens is 272 g/mol. The number of aromatic nitrogens is 1. The van der Waals surface area contributed by atoms with Gasteiger partial charge in [-0.3, -0.25) is 4.98 Å². The molecule has 3 N–H and O–H groups in total. The quantitative estimate of drug-likeness (QED) is 0.587. The number of aliphatic hydroxyl groups excluding tert-OH is 1. The molecule has 0 radical (unpaired) electrons. The Hall–Kier alpha value is -1.51. The Bertz CT molecular complexity index is 503. The molecule has 0 fully saturated rings. The van der Waals surface area contributed by atoms with Crippen molar-refractivity contribution in [2.75, 3.05) is 12.3 Å². The maximum Gasteiger partial charge on any atom is 0.332 e. The Labute approximate surface area is 111 Å².